The molecule has 134 valence electrons. The summed E-state index contributed by atoms with van der Waals surface area (Å²) in [5.74, 6) is 0.346. The van der Waals surface area contributed by atoms with E-state index in [1.54, 1.807) is 12.5 Å². The van der Waals surface area contributed by atoms with Crippen molar-refractivity contribution in [2.75, 3.05) is 13.1 Å². The molecule has 0 saturated carbocycles. The molecule has 1 aliphatic heterocycles. The van der Waals surface area contributed by atoms with Crippen LogP contribution < -0.4 is 0 Å². The maximum atomic E-state index is 13.0. The number of carbonyl (C=O) groups excluding carboxylic acids is 1. The topological polar surface area (TPSA) is 51.0 Å². The predicted octanol–water partition coefficient (Wildman–Crippen LogP) is 3.20. The van der Waals surface area contributed by atoms with E-state index in [1.807, 2.05) is 34.7 Å². The van der Waals surface area contributed by atoms with Crippen molar-refractivity contribution in [1.82, 2.24) is 19.4 Å². The second-order valence-corrected chi connectivity index (χ2v) is 6.99. The molecule has 3 aromatic rings. The van der Waals surface area contributed by atoms with E-state index in [-0.39, 0.29) is 11.7 Å². The van der Waals surface area contributed by atoms with Crippen LogP contribution in [0.2, 0.25) is 0 Å². The lowest BCUT2D eigenvalue weighted by Crippen LogP contribution is -2.39. The molecule has 1 amide bonds. The lowest BCUT2D eigenvalue weighted by Gasteiger charge is -2.32. The van der Waals surface area contributed by atoms with E-state index in [0.29, 0.717) is 11.5 Å². The average Bonchev–Trinajstić information content (AvgIpc) is 3.04. The number of halogens is 1. The Morgan fingerprint density at radius 3 is 2.65 bits per heavy atom. The molecule has 1 aromatic carbocycles. The monoisotopic (exact) mass is 352 g/mol. The number of rotatable bonds is 3. The van der Waals surface area contributed by atoms with Crippen LogP contribution in [0.15, 0.2) is 42.9 Å². The molecule has 0 aliphatic carbocycles. The summed E-state index contributed by atoms with van der Waals surface area (Å²) in [6.45, 7) is 1.48. The number of benzene rings is 1. The van der Waals surface area contributed by atoms with Crippen molar-refractivity contribution < 1.29 is 9.18 Å². The van der Waals surface area contributed by atoms with Gasteiger partial charge in [-0.2, -0.15) is 0 Å². The van der Waals surface area contributed by atoms with Gasteiger partial charge in [0.15, 0.2) is 5.65 Å². The molecule has 2 aromatic heterocycles. The third kappa shape index (κ3) is 3.31. The van der Waals surface area contributed by atoms with Crippen molar-refractivity contribution in [3.63, 3.8) is 0 Å². The fraction of sp³-hybridized carbons (Fsp3) is 0.350. The van der Waals surface area contributed by atoms with Crippen molar-refractivity contribution >= 4 is 17.1 Å². The van der Waals surface area contributed by atoms with Crippen molar-refractivity contribution in [1.29, 1.82) is 0 Å². The molecule has 1 aliphatic rings. The van der Waals surface area contributed by atoms with Gasteiger partial charge in [0.05, 0.1) is 11.9 Å². The van der Waals surface area contributed by atoms with E-state index in [4.69, 9.17) is 0 Å². The Morgan fingerprint density at radius 2 is 1.92 bits per heavy atom. The molecule has 1 saturated heterocycles. The molecule has 0 unspecified atom stereocenters. The molecule has 0 spiro atoms. The Bertz CT molecular complexity index is 927. The summed E-state index contributed by atoms with van der Waals surface area (Å²) in [5, 5.41) is 0. The highest BCUT2D eigenvalue weighted by Gasteiger charge is 2.24. The van der Waals surface area contributed by atoms with Gasteiger partial charge in [0, 0.05) is 26.3 Å². The molecule has 1 fully saturated rings. The number of hydrogen-bond donors (Lipinski definition) is 0. The first-order valence-corrected chi connectivity index (χ1v) is 8.91. The van der Waals surface area contributed by atoms with Gasteiger partial charge in [-0.25, -0.2) is 14.4 Å². The van der Waals surface area contributed by atoms with Gasteiger partial charge < -0.3 is 9.47 Å². The van der Waals surface area contributed by atoms with Gasteiger partial charge in [-0.1, -0.05) is 12.1 Å². The molecule has 0 N–H and O–H groups in total. The lowest BCUT2D eigenvalue weighted by molar-refractivity contribution is 0.0690. The number of imidazole rings is 1. The molecular weight excluding hydrogens is 331 g/mol. The number of aryl methyl sites for hydroxylation is 1. The van der Waals surface area contributed by atoms with E-state index < -0.39 is 0 Å². The fourth-order valence-electron chi connectivity index (χ4n) is 3.61. The Balaban J connectivity index is 1.38. The minimum absolute atomic E-state index is 0.0188. The molecule has 0 radical (unpaired) electrons. The molecule has 6 heteroatoms. The number of likely N-dealkylation sites (tertiary alicyclic amines) is 1. The van der Waals surface area contributed by atoms with Gasteiger partial charge in [0.1, 0.15) is 11.3 Å². The van der Waals surface area contributed by atoms with E-state index in [1.165, 1.54) is 12.1 Å². The van der Waals surface area contributed by atoms with Crippen molar-refractivity contribution in [2.45, 2.75) is 19.3 Å². The summed E-state index contributed by atoms with van der Waals surface area (Å²) in [5.41, 5.74) is 3.26. The minimum atomic E-state index is -0.201. The first-order valence-electron chi connectivity index (χ1n) is 8.91. The quantitative estimate of drug-likeness (QED) is 0.727. The second kappa shape index (κ2) is 6.86. The van der Waals surface area contributed by atoms with Crippen LogP contribution >= 0.6 is 0 Å². The standard InChI is InChI=1S/C20H21FN4O/c1-24-13-23-18-11-16(12-22-19(18)24)20(26)25-8-6-15(7-9-25)10-14-2-4-17(21)5-3-14/h2-5,11-13,15H,6-10H2,1H3. The number of hydrogen-bond acceptors (Lipinski definition) is 3. The first kappa shape index (κ1) is 16.7. The predicted molar refractivity (Wildman–Crippen MR) is 97.2 cm³/mol. The van der Waals surface area contributed by atoms with Gasteiger partial charge in [0.25, 0.3) is 5.91 Å². The molecule has 26 heavy (non-hydrogen) atoms. The number of piperidine rings is 1. The Labute approximate surface area is 151 Å². The Kier molecular flexibility index (Phi) is 4.41. The van der Waals surface area contributed by atoms with E-state index in [2.05, 4.69) is 9.97 Å². The highest BCUT2D eigenvalue weighted by molar-refractivity contribution is 5.96. The maximum Gasteiger partial charge on any atom is 0.255 e. The van der Waals surface area contributed by atoms with Crippen molar-refractivity contribution in [3.8, 4) is 0 Å². The summed E-state index contributed by atoms with van der Waals surface area (Å²) in [4.78, 5) is 23.3. The van der Waals surface area contributed by atoms with Crippen LogP contribution in [-0.2, 0) is 13.5 Å². The number of aromatic nitrogens is 3. The zero-order valence-corrected chi connectivity index (χ0v) is 14.7. The zero-order valence-electron chi connectivity index (χ0n) is 14.7. The van der Waals surface area contributed by atoms with Crippen LogP contribution in [-0.4, -0.2) is 38.4 Å². The van der Waals surface area contributed by atoms with Gasteiger partial charge in [-0.15, -0.1) is 0 Å². The summed E-state index contributed by atoms with van der Waals surface area (Å²) in [6.07, 6.45) is 6.19. The Morgan fingerprint density at radius 1 is 1.19 bits per heavy atom. The van der Waals surface area contributed by atoms with Crippen LogP contribution in [0.4, 0.5) is 4.39 Å². The maximum absolute atomic E-state index is 13.0. The highest BCUT2D eigenvalue weighted by atomic mass is 19.1. The van der Waals surface area contributed by atoms with Gasteiger partial charge in [0.2, 0.25) is 0 Å². The number of carbonyl (C=O) groups is 1. The number of amides is 1. The van der Waals surface area contributed by atoms with Crippen LogP contribution in [0.1, 0.15) is 28.8 Å². The van der Waals surface area contributed by atoms with Gasteiger partial charge in [-0.05, 0) is 48.9 Å². The summed E-state index contributed by atoms with van der Waals surface area (Å²) >= 11 is 0. The summed E-state index contributed by atoms with van der Waals surface area (Å²) in [6, 6.07) is 8.53. The van der Waals surface area contributed by atoms with Crippen LogP contribution in [0, 0.1) is 11.7 Å². The van der Waals surface area contributed by atoms with Gasteiger partial charge in [-0.3, -0.25) is 4.79 Å². The summed E-state index contributed by atoms with van der Waals surface area (Å²) < 4.78 is 14.8. The largest absolute Gasteiger partial charge is 0.339 e. The van der Waals surface area contributed by atoms with E-state index in [0.717, 1.165) is 49.1 Å². The molecule has 0 atom stereocenters. The molecular formula is C20H21FN4O. The minimum Gasteiger partial charge on any atom is -0.339 e. The average molecular weight is 352 g/mol. The zero-order chi connectivity index (χ0) is 18.1. The van der Waals surface area contributed by atoms with E-state index >= 15 is 0 Å². The number of nitrogens with zero attached hydrogens (tertiary/aromatic N) is 4. The smallest absolute Gasteiger partial charge is 0.255 e. The third-order valence-electron chi connectivity index (χ3n) is 5.14. The second-order valence-electron chi connectivity index (χ2n) is 6.99. The lowest BCUT2D eigenvalue weighted by atomic mass is 9.90. The molecule has 0 bridgehead atoms. The fourth-order valence-corrected chi connectivity index (χ4v) is 3.61. The third-order valence-corrected chi connectivity index (χ3v) is 5.14. The SMILES string of the molecule is Cn1cnc2cc(C(=O)N3CCC(Cc4ccc(F)cc4)CC3)cnc21. The van der Waals surface area contributed by atoms with E-state index in [9.17, 15) is 9.18 Å². The number of fused-ring (bicyclic) bond motifs is 1. The van der Waals surface area contributed by atoms with Crippen molar-refractivity contribution in [3.05, 3.63) is 59.8 Å². The normalized spacial score (nSPS) is 15.5. The van der Waals surface area contributed by atoms with Crippen LogP contribution in [0.5, 0.6) is 0 Å². The number of pyridine rings is 1. The Hall–Kier alpha value is -2.76. The molecule has 5 nitrogen and oxygen atoms in total. The van der Waals surface area contributed by atoms with Gasteiger partial charge >= 0.3 is 0 Å². The first-order chi connectivity index (χ1) is 12.6. The van der Waals surface area contributed by atoms with Crippen molar-refractivity contribution in [2.24, 2.45) is 13.0 Å². The van der Waals surface area contributed by atoms with Crippen LogP contribution in [0.3, 0.4) is 0 Å². The summed E-state index contributed by atoms with van der Waals surface area (Å²) in [7, 11) is 1.88. The molecule has 3 heterocycles. The van der Waals surface area contributed by atoms with Crippen LogP contribution in [0.25, 0.3) is 11.2 Å². The highest BCUT2D eigenvalue weighted by Crippen LogP contribution is 2.23. The molecule has 4 rings (SSSR count).